The molecule has 0 spiro atoms. The minimum atomic E-state index is 0.0376. The topological polar surface area (TPSA) is 58.4 Å². The monoisotopic (exact) mass is 249 g/mol. The van der Waals surface area contributed by atoms with E-state index in [-0.39, 0.29) is 5.91 Å². The second kappa shape index (κ2) is 7.01. The van der Waals surface area contributed by atoms with Gasteiger partial charge in [0.2, 0.25) is 5.91 Å². The minimum absolute atomic E-state index is 0.0376. The maximum absolute atomic E-state index is 11.8. The molecule has 1 aromatic carbocycles. The van der Waals surface area contributed by atoms with Crippen LogP contribution in [0.25, 0.3) is 0 Å². The summed E-state index contributed by atoms with van der Waals surface area (Å²) < 4.78 is 0. The first kappa shape index (κ1) is 14.5. The highest BCUT2D eigenvalue weighted by atomic mass is 16.1. The van der Waals surface area contributed by atoms with E-state index in [9.17, 15) is 4.79 Å². The lowest BCUT2D eigenvalue weighted by Crippen LogP contribution is -2.27. The van der Waals surface area contributed by atoms with Gasteiger partial charge in [0.15, 0.2) is 0 Å². The van der Waals surface area contributed by atoms with Gasteiger partial charge in [0.25, 0.3) is 0 Å². The largest absolute Gasteiger partial charge is 0.399 e. The molecule has 3 N–H and O–H groups in total. The van der Waals surface area contributed by atoms with Crippen LogP contribution in [0.5, 0.6) is 0 Å². The SMILES string of the molecule is CCN(CC)CCC(=O)Nc1cc(N)ccc1C. The number of nitrogens with two attached hydrogens (primary N) is 1. The van der Waals surface area contributed by atoms with Crippen LogP contribution in [-0.4, -0.2) is 30.4 Å². The van der Waals surface area contributed by atoms with Crippen molar-refractivity contribution >= 4 is 17.3 Å². The molecular formula is C14H23N3O. The molecule has 0 aliphatic rings. The molecule has 0 heterocycles. The second-order valence-corrected chi connectivity index (χ2v) is 4.40. The highest BCUT2D eigenvalue weighted by molar-refractivity contribution is 5.92. The molecular weight excluding hydrogens is 226 g/mol. The summed E-state index contributed by atoms with van der Waals surface area (Å²) in [6.07, 6.45) is 0.510. The van der Waals surface area contributed by atoms with E-state index < -0.39 is 0 Å². The van der Waals surface area contributed by atoms with Crippen molar-refractivity contribution in [3.63, 3.8) is 0 Å². The summed E-state index contributed by atoms with van der Waals surface area (Å²) in [5.74, 6) is 0.0376. The number of nitrogens with zero attached hydrogens (tertiary/aromatic N) is 1. The molecule has 0 saturated heterocycles. The number of hydrogen-bond donors (Lipinski definition) is 2. The lowest BCUT2D eigenvalue weighted by atomic mass is 10.2. The van der Waals surface area contributed by atoms with Crippen LogP contribution in [0.1, 0.15) is 25.8 Å². The quantitative estimate of drug-likeness (QED) is 0.760. The number of carbonyl (C=O) groups is 1. The maximum atomic E-state index is 11.8. The normalized spacial score (nSPS) is 10.7. The third-order valence-corrected chi connectivity index (χ3v) is 3.09. The van der Waals surface area contributed by atoms with Gasteiger partial charge in [-0.05, 0) is 37.7 Å². The summed E-state index contributed by atoms with van der Waals surface area (Å²) >= 11 is 0. The van der Waals surface area contributed by atoms with Gasteiger partial charge in [0.05, 0.1) is 0 Å². The van der Waals surface area contributed by atoms with Crippen LogP contribution in [-0.2, 0) is 4.79 Å². The Morgan fingerprint density at radius 2 is 2.00 bits per heavy atom. The molecule has 100 valence electrons. The van der Waals surface area contributed by atoms with E-state index in [4.69, 9.17) is 5.73 Å². The highest BCUT2D eigenvalue weighted by Crippen LogP contribution is 2.18. The van der Waals surface area contributed by atoms with Crippen molar-refractivity contribution in [2.75, 3.05) is 30.7 Å². The van der Waals surface area contributed by atoms with Crippen molar-refractivity contribution in [1.29, 1.82) is 0 Å². The molecule has 1 rings (SSSR count). The molecule has 0 atom stereocenters. The van der Waals surface area contributed by atoms with Crippen LogP contribution in [0.2, 0.25) is 0 Å². The number of anilines is 2. The van der Waals surface area contributed by atoms with E-state index in [0.717, 1.165) is 30.9 Å². The summed E-state index contributed by atoms with van der Waals surface area (Å²) in [5, 5.41) is 2.91. The van der Waals surface area contributed by atoms with Gasteiger partial charge >= 0.3 is 0 Å². The van der Waals surface area contributed by atoms with Gasteiger partial charge in [-0.1, -0.05) is 19.9 Å². The van der Waals surface area contributed by atoms with Crippen LogP contribution < -0.4 is 11.1 Å². The van der Waals surface area contributed by atoms with Gasteiger partial charge in [-0.3, -0.25) is 4.79 Å². The van der Waals surface area contributed by atoms with E-state index >= 15 is 0 Å². The first-order chi connectivity index (χ1) is 8.56. The third kappa shape index (κ3) is 4.37. The summed E-state index contributed by atoms with van der Waals surface area (Å²) in [6, 6.07) is 5.54. The second-order valence-electron chi connectivity index (χ2n) is 4.40. The lowest BCUT2D eigenvalue weighted by Gasteiger charge is -2.17. The zero-order chi connectivity index (χ0) is 13.5. The molecule has 1 aromatic rings. The zero-order valence-electron chi connectivity index (χ0n) is 11.5. The molecule has 0 aliphatic heterocycles. The Morgan fingerprint density at radius 3 is 2.61 bits per heavy atom. The van der Waals surface area contributed by atoms with Gasteiger partial charge < -0.3 is 16.0 Å². The fraction of sp³-hybridized carbons (Fsp3) is 0.500. The smallest absolute Gasteiger partial charge is 0.225 e. The first-order valence-corrected chi connectivity index (χ1v) is 6.45. The fourth-order valence-electron chi connectivity index (χ4n) is 1.79. The van der Waals surface area contributed by atoms with E-state index in [1.165, 1.54) is 0 Å². The predicted molar refractivity (Wildman–Crippen MR) is 76.6 cm³/mol. The van der Waals surface area contributed by atoms with Crippen LogP contribution in [0.15, 0.2) is 18.2 Å². The third-order valence-electron chi connectivity index (χ3n) is 3.09. The van der Waals surface area contributed by atoms with Gasteiger partial charge in [-0.25, -0.2) is 0 Å². The highest BCUT2D eigenvalue weighted by Gasteiger charge is 2.07. The number of benzene rings is 1. The van der Waals surface area contributed by atoms with E-state index in [1.54, 1.807) is 6.07 Å². The zero-order valence-corrected chi connectivity index (χ0v) is 11.5. The standard InChI is InChI=1S/C14H23N3O/c1-4-17(5-2)9-8-14(18)16-13-10-12(15)7-6-11(13)3/h6-7,10H,4-5,8-9,15H2,1-3H3,(H,16,18). The number of rotatable bonds is 6. The summed E-state index contributed by atoms with van der Waals surface area (Å²) in [7, 11) is 0. The Labute approximate surface area is 109 Å². The van der Waals surface area contributed by atoms with E-state index in [2.05, 4.69) is 24.1 Å². The molecule has 0 unspecified atom stereocenters. The summed E-state index contributed by atoms with van der Waals surface area (Å²) in [4.78, 5) is 14.1. The van der Waals surface area contributed by atoms with E-state index in [0.29, 0.717) is 12.1 Å². The average Bonchev–Trinajstić information content (AvgIpc) is 2.35. The van der Waals surface area contributed by atoms with Crippen molar-refractivity contribution in [1.82, 2.24) is 4.90 Å². The molecule has 1 amide bonds. The Hall–Kier alpha value is -1.55. The van der Waals surface area contributed by atoms with Crippen molar-refractivity contribution in [2.24, 2.45) is 0 Å². The predicted octanol–water partition coefficient (Wildman–Crippen LogP) is 2.25. The minimum Gasteiger partial charge on any atom is -0.399 e. The van der Waals surface area contributed by atoms with Crippen LogP contribution in [0.3, 0.4) is 0 Å². The lowest BCUT2D eigenvalue weighted by molar-refractivity contribution is -0.116. The molecule has 0 aromatic heterocycles. The van der Waals surface area contributed by atoms with Gasteiger partial charge in [-0.2, -0.15) is 0 Å². The fourth-order valence-corrected chi connectivity index (χ4v) is 1.79. The Bertz CT molecular complexity index is 400. The Morgan fingerprint density at radius 1 is 1.33 bits per heavy atom. The van der Waals surface area contributed by atoms with Crippen LogP contribution in [0.4, 0.5) is 11.4 Å². The van der Waals surface area contributed by atoms with Crippen molar-refractivity contribution in [3.8, 4) is 0 Å². The Kier molecular flexibility index (Phi) is 5.65. The molecule has 0 fully saturated rings. The van der Waals surface area contributed by atoms with Gasteiger partial charge in [-0.15, -0.1) is 0 Å². The van der Waals surface area contributed by atoms with E-state index in [1.807, 2.05) is 19.1 Å². The number of hydrogen-bond acceptors (Lipinski definition) is 3. The van der Waals surface area contributed by atoms with Crippen molar-refractivity contribution in [3.05, 3.63) is 23.8 Å². The molecule has 0 saturated carbocycles. The van der Waals surface area contributed by atoms with Crippen LogP contribution in [0, 0.1) is 6.92 Å². The molecule has 4 nitrogen and oxygen atoms in total. The molecule has 4 heteroatoms. The molecule has 0 aliphatic carbocycles. The Balaban J connectivity index is 2.51. The number of nitrogens with one attached hydrogen (secondary N) is 1. The molecule has 18 heavy (non-hydrogen) atoms. The maximum Gasteiger partial charge on any atom is 0.225 e. The molecule has 0 bridgehead atoms. The van der Waals surface area contributed by atoms with Crippen LogP contribution >= 0.6 is 0 Å². The van der Waals surface area contributed by atoms with Gasteiger partial charge in [0.1, 0.15) is 0 Å². The average molecular weight is 249 g/mol. The summed E-state index contributed by atoms with van der Waals surface area (Å²) in [6.45, 7) is 8.90. The van der Waals surface area contributed by atoms with Crippen molar-refractivity contribution < 1.29 is 4.79 Å². The number of aryl methyl sites for hydroxylation is 1. The number of nitrogen functional groups attached to an aromatic ring is 1. The van der Waals surface area contributed by atoms with Gasteiger partial charge in [0, 0.05) is 24.3 Å². The number of carbonyl (C=O) groups excluding carboxylic acids is 1. The first-order valence-electron chi connectivity index (χ1n) is 6.45. The molecule has 0 radical (unpaired) electrons. The number of amides is 1. The van der Waals surface area contributed by atoms with Crippen molar-refractivity contribution in [2.45, 2.75) is 27.2 Å². The summed E-state index contributed by atoms with van der Waals surface area (Å²) in [5.41, 5.74) is 8.21.